The molecule has 0 N–H and O–H groups in total. The SMILES string of the molecule is CCc1ccc(/C=C/C2CCCC2)nc1OC. The van der Waals surface area contributed by atoms with Crippen LogP contribution in [-0.2, 0) is 6.42 Å². The second kappa shape index (κ2) is 5.85. The number of pyridine rings is 1. The van der Waals surface area contributed by atoms with Crippen LogP contribution in [0.2, 0.25) is 0 Å². The molecule has 0 bridgehead atoms. The highest BCUT2D eigenvalue weighted by Crippen LogP contribution is 2.26. The van der Waals surface area contributed by atoms with Crippen LogP contribution in [0.1, 0.15) is 43.9 Å². The van der Waals surface area contributed by atoms with Crippen molar-refractivity contribution in [3.05, 3.63) is 29.5 Å². The molecule has 2 heteroatoms. The molecule has 0 aliphatic heterocycles. The van der Waals surface area contributed by atoms with Crippen molar-refractivity contribution < 1.29 is 4.74 Å². The summed E-state index contributed by atoms with van der Waals surface area (Å²) >= 11 is 0. The summed E-state index contributed by atoms with van der Waals surface area (Å²) in [5.41, 5.74) is 2.18. The fourth-order valence-corrected chi connectivity index (χ4v) is 2.41. The third kappa shape index (κ3) is 3.09. The maximum atomic E-state index is 5.30. The molecule has 0 saturated heterocycles. The predicted molar refractivity (Wildman–Crippen MR) is 71.2 cm³/mol. The van der Waals surface area contributed by atoms with Crippen LogP contribution >= 0.6 is 0 Å². The Balaban J connectivity index is 2.10. The quantitative estimate of drug-likeness (QED) is 0.785. The number of aromatic nitrogens is 1. The summed E-state index contributed by atoms with van der Waals surface area (Å²) in [4.78, 5) is 4.51. The van der Waals surface area contributed by atoms with Crippen molar-refractivity contribution >= 4 is 6.08 Å². The predicted octanol–water partition coefficient (Wildman–Crippen LogP) is 3.86. The first-order chi connectivity index (χ1) is 8.33. The van der Waals surface area contributed by atoms with Crippen molar-refractivity contribution in [1.82, 2.24) is 4.98 Å². The minimum absolute atomic E-state index is 0.758. The fraction of sp³-hybridized carbons (Fsp3) is 0.533. The smallest absolute Gasteiger partial charge is 0.216 e. The Morgan fingerprint density at radius 1 is 1.35 bits per heavy atom. The fourth-order valence-electron chi connectivity index (χ4n) is 2.41. The molecule has 1 saturated carbocycles. The van der Waals surface area contributed by atoms with E-state index in [-0.39, 0.29) is 0 Å². The van der Waals surface area contributed by atoms with Gasteiger partial charge >= 0.3 is 0 Å². The van der Waals surface area contributed by atoms with Crippen molar-refractivity contribution in [1.29, 1.82) is 0 Å². The third-order valence-corrected chi connectivity index (χ3v) is 3.47. The van der Waals surface area contributed by atoms with E-state index in [2.05, 4.69) is 36.2 Å². The number of methoxy groups -OCH3 is 1. The molecule has 0 amide bonds. The second-order valence-electron chi connectivity index (χ2n) is 4.66. The monoisotopic (exact) mass is 231 g/mol. The van der Waals surface area contributed by atoms with Gasteiger partial charge in [-0.15, -0.1) is 0 Å². The van der Waals surface area contributed by atoms with Crippen LogP contribution < -0.4 is 4.74 Å². The summed E-state index contributed by atoms with van der Waals surface area (Å²) in [5, 5.41) is 0. The van der Waals surface area contributed by atoms with E-state index in [1.54, 1.807) is 7.11 Å². The van der Waals surface area contributed by atoms with Gasteiger partial charge in [-0.2, -0.15) is 0 Å². The van der Waals surface area contributed by atoms with Gasteiger partial charge in [-0.1, -0.05) is 31.9 Å². The number of hydrogen-bond donors (Lipinski definition) is 0. The first-order valence-electron chi connectivity index (χ1n) is 6.55. The maximum absolute atomic E-state index is 5.30. The summed E-state index contributed by atoms with van der Waals surface area (Å²) < 4.78 is 5.30. The topological polar surface area (TPSA) is 22.1 Å². The first kappa shape index (κ1) is 12.2. The van der Waals surface area contributed by atoms with E-state index < -0.39 is 0 Å². The van der Waals surface area contributed by atoms with Gasteiger partial charge in [0.1, 0.15) is 0 Å². The molecule has 0 radical (unpaired) electrons. The zero-order valence-corrected chi connectivity index (χ0v) is 10.8. The van der Waals surface area contributed by atoms with Crippen LogP contribution in [-0.4, -0.2) is 12.1 Å². The highest BCUT2D eigenvalue weighted by Gasteiger charge is 2.11. The molecule has 1 heterocycles. The molecule has 0 unspecified atom stereocenters. The van der Waals surface area contributed by atoms with Gasteiger partial charge in [0.15, 0.2) is 0 Å². The van der Waals surface area contributed by atoms with E-state index in [4.69, 9.17) is 4.74 Å². The summed E-state index contributed by atoms with van der Waals surface area (Å²) in [6.07, 6.45) is 10.8. The minimum Gasteiger partial charge on any atom is -0.481 e. The normalized spacial score (nSPS) is 16.8. The highest BCUT2D eigenvalue weighted by atomic mass is 16.5. The Labute approximate surface area is 104 Å². The molecule has 17 heavy (non-hydrogen) atoms. The van der Waals surface area contributed by atoms with Gasteiger partial charge in [0, 0.05) is 5.56 Å². The van der Waals surface area contributed by atoms with Gasteiger partial charge in [-0.05, 0) is 37.3 Å². The number of hydrogen-bond acceptors (Lipinski definition) is 2. The second-order valence-corrected chi connectivity index (χ2v) is 4.66. The van der Waals surface area contributed by atoms with E-state index in [0.29, 0.717) is 0 Å². The molecule has 1 aliphatic carbocycles. The van der Waals surface area contributed by atoms with Crippen molar-refractivity contribution in [3.63, 3.8) is 0 Å². The summed E-state index contributed by atoms with van der Waals surface area (Å²) in [6, 6.07) is 4.19. The van der Waals surface area contributed by atoms with E-state index in [1.807, 2.05) is 0 Å². The number of allylic oxidation sites excluding steroid dienone is 1. The molecule has 1 aliphatic rings. The molecule has 1 fully saturated rings. The average Bonchev–Trinajstić information content (AvgIpc) is 2.89. The van der Waals surface area contributed by atoms with Gasteiger partial charge in [0.25, 0.3) is 0 Å². The molecule has 1 aromatic heterocycles. The van der Waals surface area contributed by atoms with Crippen LogP contribution in [0.3, 0.4) is 0 Å². The van der Waals surface area contributed by atoms with Gasteiger partial charge < -0.3 is 4.74 Å². The molecule has 0 spiro atoms. The number of rotatable bonds is 4. The summed E-state index contributed by atoms with van der Waals surface area (Å²) in [6.45, 7) is 2.12. The molecular weight excluding hydrogens is 210 g/mol. The van der Waals surface area contributed by atoms with Gasteiger partial charge in [-0.3, -0.25) is 0 Å². The van der Waals surface area contributed by atoms with Crippen molar-refractivity contribution in [2.24, 2.45) is 5.92 Å². The molecule has 0 atom stereocenters. The van der Waals surface area contributed by atoms with Crippen LogP contribution in [0.25, 0.3) is 6.08 Å². The van der Waals surface area contributed by atoms with Crippen LogP contribution in [0.5, 0.6) is 5.88 Å². The number of nitrogens with zero attached hydrogens (tertiary/aromatic N) is 1. The first-order valence-corrected chi connectivity index (χ1v) is 6.55. The van der Waals surface area contributed by atoms with E-state index in [0.717, 1.165) is 23.9 Å². The van der Waals surface area contributed by atoms with Crippen LogP contribution in [0.4, 0.5) is 0 Å². The lowest BCUT2D eigenvalue weighted by molar-refractivity contribution is 0.392. The van der Waals surface area contributed by atoms with Gasteiger partial charge in [0.05, 0.1) is 12.8 Å². The largest absolute Gasteiger partial charge is 0.481 e. The zero-order chi connectivity index (χ0) is 12.1. The standard InChI is InChI=1S/C15H21NO/c1-3-13-9-11-14(16-15(13)17-2)10-8-12-6-4-5-7-12/h8-12H,3-7H2,1-2H3/b10-8+. The zero-order valence-electron chi connectivity index (χ0n) is 10.8. The molecule has 2 nitrogen and oxygen atoms in total. The number of aryl methyl sites for hydroxylation is 1. The Morgan fingerprint density at radius 3 is 2.76 bits per heavy atom. The molecule has 2 rings (SSSR count). The highest BCUT2D eigenvalue weighted by molar-refractivity contribution is 5.47. The van der Waals surface area contributed by atoms with Crippen LogP contribution in [0, 0.1) is 5.92 Å². The third-order valence-electron chi connectivity index (χ3n) is 3.47. The maximum Gasteiger partial charge on any atom is 0.216 e. The summed E-state index contributed by atoms with van der Waals surface area (Å²) in [5.74, 6) is 1.52. The molecule has 92 valence electrons. The molecule has 0 aromatic carbocycles. The lowest BCUT2D eigenvalue weighted by atomic mass is 10.1. The molecular formula is C15H21NO. The van der Waals surface area contributed by atoms with E-state index in [9.17, 15) is 0 Å². The van der Waals surface area contributed by atoms with Crippen LogP contribution in [0.15, 0.2) is 18.2 Å². The lowest BCUT2D eigenvalue weighted by Crippen LogP contribution is -1.95. The Kier molecular flexibility index (Phi) is 4.18. The van der Waals surface area contributed by atoms with E-state index >= 15 is 0 Å². The Bertz CT molecular complexity index is 392. The Hall–Kier alpha value is -1.31. The number of ether oxygens (including phenoxy) is 1. The Morgan fingerprint density at radius 2 is 2.12 bits per heavy atom. The molecule has 1 aromatic rings. The van der Waals surface area contributed by atoms with E-state index in [1.165, 1.54) is 31.2 Å². The average molecular weight is 231 g/mol. The van der Waals surface area contributed by atoms with Crippen molar-refractivity contribution in [2.45, 2.75) is 39.0 Å². The minimum atomic E-state index is 0.758. The van der Waals surface area contributed by atoms with Crippen molar-refractivity contribution in [3.8, 4) is 5.88 Å². The van der Waals surface area contributed by atoms with Gasteiger partial charge in [-0.25, -0.2) is 4.98 Å². The lowest BCUT2D eigenvalue weighted by Gasteiger charge is -2.06. The summed E-state index contributed by atoms with van der Waals surface area (Å²) in [7, 11) is 1.69. The van der Waals surface area contributed by atoms with Gasteiger partial charge in [0.2, 0.25) is 5.88 Å². The van der Waals surface area contributed by atoms with Crippen molar-refractivity contribution in [2.75, 3.05) is 7.11 Å².